The zero-order chi connectivity index (χ0) is 11.4. The van der Waals surface area contributed by atoms with Crippen LogP contribution in [-0.2, 0) is 0 Å². The lowest BCUT2D eigenvalue weighted by Crippen LogP contribution is -2.25. The van der Waals surface area contributed by atoms with E-state index >= 15 is 0 Å². The second-order valence-electron chi connectivity index (χ2n) is 3.40. The first kappa shape index (κ1) is 15.7. The summed E-state index contributed by atoms with van der Waals surface area (Å²) < 4.78 is 5.96. The standard InChI is InChI=1S/C11H16BrNO2.ClH/c1-3-9(14)11(13)7-4-5-10(15-2)8(12)6-7;/h4-6,9,11,14H,3,13H2,1-2H3;1H/t9-,11+;/m1./s1. The zero-order valence-corrected chi connectivity index (χ0v) is 11.7. The van der Waals surface area contributed by atoms with Crippen molar-refractivity contribution in [3.05, 3.63) is 28.2 Å². The van der Waals surface area contributed by atoms with Gasteiger partial charge < -0.3 is 15.6 Å². The van der Waals surface area contributed by atoms with Gasteiger partial charge in [-0.05, 0) is 40.0 Å². The van der Waals surface area contributed by atoms with Gasteiger partial charge in [0.1, 0.15) is 5.75 Å². The second kappa shape index (κ2) is 7.12. The van der Waals surface area contributed by atoms with E-state index in [9.17, 15) is 5.11 Å². The Balaban J connectivity index is 0.00000225. The molecule has 1 aromatic rings. The summed E-state index contributed by atoms with van der Waals surface area (Å²) >= 11 is 3.38. The van der Waals surface area contributed by atoms with Crippen molar-refractivity contribution in [2.45, 2.75) is 25.5 Å². The highest BCUT2D eigenvalue weighted by Crippen LogP contribution is 2.28. The molecule has 0 amide bonds. The number of hydrogen-bond acceptors (Lipinski definition) is 3. The number of hydrogen-bond donors (Lipinski definition) is 2. The molecule has 0 heterocycles. The summed E-state index contributed by atoms with van der Waals surface area (Å²) in [6.07, 6.45) is 0.135. The molecule has 3 N–H and O–H groups in total. The van der Waals surface area contributed by atoms with Gasteiger partial charge in [0, 0.05) is 0 Å². The Morgan fingerprint density at radius 3 is 2.56 bits per heavy atom. The third-order valence-electron chi connectivity index (χ3n) is 2.39. The molecule has 0 bridgehead atoms. The predicted octanol–water partition coefficient (Wildman–Crippen LogP) is 2.65. The Labute approximate surface area is 111 Å². The van der Waals surface area contributed by atoms with Crippen molar-refractivity contribution in [3.8, 4) is 5.75 Å². The smallest absolute Gasteiger partial charge is 0.133 e. The predicted molar refractivity (Wildman–Crippen MR) is 71.2 cm³/mol. The van der Waals surface area contributed by atoms with Crippen LogP contribution < -0.4 is 10.5 Å². The van der Waals surface area contributed by atoms with Crippen molar-refractivity contribution >= 4 is 28.3 Å². The molecule has 3 nitrogen and oxygen atoms in total. The molecule has 0 saturated carbocycles. The van der Waals surface area contributed by atoms with Crippen LogP contribution in [0.4, 0.5) is 0 Å². The molecule has 0 saturated heterocycles. The second-order valence-corrected chi connectivity index (χ2v) is 4.25. The Bertz CT molecular complexity index is 336. The molecule has 0 spiro atoms. The van der Waals surface area contributed by atoms with E-state index in [0.29, 0.717) is 6.42 Å². The van der Waals surface area contributed by atoms with E-state index in [2.05, 4.69) is 15.9 Å². The van der Waals surface area contributed by atoms with Crippen molar-refractivity contribution < 1.29 is 9.84 Å². The lowest BCUT2D eigenvalue weighted by atomic mass is 10.0. The average Bonchev–Trinajstić information content (AvgIpc) is 2.26. The van der Waals surface area contributed by atoms with Crippen LogP contribution in [0.2, 0.25) is 0 Å². The number of aliphatic hydroxyl groups is 1. The highest BCUT2D eigenvalue weighted by molar-refractivity contribution is 9.10. The van der Waals surface area contributed by atoms with Gasteiger partial charge in [-0.15, -0.1) is 12.4 Å². The van der Waals surface area contributed by atoms with Gasteiger partial charge in [0.15, 0.2) is 0 Å². The molecule has 0 fully saturated rings. The molecule has 0 aliphatic carbocycles. The zero-order valence-electron chi connectivity index (χ0n) is 9.31. The minimum Gasteiger partial charge on any atom is -0.496 e. The van der Waals surface area contributed by atoms with E-state index in [4.69, 9.17) is 10.5 Å². The van der Waals surface area contributed by atoms with Crippen molar-refractivity contribution in [1.29, 1.82) is 0 Å². The Kier molecular flexibility index (Phi) is 6.99. The van der Waals surface area contributed by atoms with Crippen molar-refractivity contribution in [3.63, 3.8) is 0 Å². The number of methoxy groups -OCH3 is 1. The first-order chi connectivity index (χ1) is 7.10. The maximum atomic E-state index is 9.63. The molecule has 16 heavy (non-hydrogen) atoms. The number of ether oxygens (including phenoxy) is 1. The van der Waals surface area contributed by atoms with Crippen LogP contribution in [0.1, 0.15) is 24.9 Å². The van der Waals surface area contributed by atoms with Gasteiger partial charge in [-0.3, -0.25) is 0 Å². The SMILES string of the molecule is CC[C@@H](O)[C@@H](N)c1ccc(OC)c(Br)c1.Cl. The van der Waals surface area contributed by atoms with Crippen LogP contribution in [0.3, 0.4) is 0 Å². The van der Waals surface area contributed by atoms with Gasteiger partial charge in [0.05, 0.1) is 23.7 Å². The van der Waals surface area contributed by atoms with Crippen LogP contribution >= 0.6 is 28.3 Å². The molecular formula is C11H17BrClNO2. The summed E-state index contributed by atoms with van der Waals surface area (Å²) in [5.41, 5.74) is 6.80. The molecule has 2 atom stereocenters. The Morgan fingerprint density at radius 2 is 2.12 bits per heavy atom. The van der Waals surface area contributed by atoms with Gasteiger partial charge in [-0.1, -0.05) is 13.0 Å². The van der Waals surface area contributed by atoms with Gasteiger partial charge in [0.25, 0.3) is 0 Å². The summed E-state index contributed by atoms with van der Waals surface area (Å²) in [4.78, 5) is 0. The van der Waals surface area contributed by atoms with Crippen LogP contribution in [0, 0.1) is 0 Å². The van der Waals surface area contributed by atoms with E-state index in [1.54, 1.807) is 7.11 Å². The fourth-order valence-corrected chi connectivity index (χ4v) is 1.92. The minimum atomic E-state index is -0.509. The van der Waals surface area contributed by atoms with E-state index in [-0.39, 0.29) is 18.4 Å². The molecule has 92 valence electrons. The first-order valence-electron chi connectivity index (χ1n) is 4.87. The Morgan fingerprint density at radius 1 is 1.50 bits per heavy atom. The summed E-state index contributed by atoms with van der Waals surface area (Å²) in [7, 11) is 1.61. The summed E-state index contributed by atoms with van der Waals surface area (Å²) in [5.74, 6) is 0.761. The quantitative estimate of drug-likeness (QED) is 0.899. The van der Waals surface area contributed by atoms with Crippen LogP contribution in [0.25, 0.3) is 0 Å². The lowest BCUT2D eigenvalue weighted by molar-refractivity contribution is 0.140. The maximum absolute atomic E-state index is 9.63. The number of aliphatic hydroxyl groups excluding tert-OH is 1. The molecule has 1 rings (SSSR count). The normalized spacial score (nSPS) is 13.8. The molecular weight excluding hydrogens is 293 g/mol. The number of nitrogens with two attached hydrogens (primary N) is 1. The summed E-state index contributed by atoms with van der Waals surface area (Å²) in [6, 6.07) is 5.23. The van der Waals surface area contributed by atoms with Crippen LogP contribution in [-0.4, -0.2) is 18.3 Å². The topological polar surface area (TPSA) is 55.5 Å². The van der Waals surface area contributed by atoms with Gasteiger partial charge >= 0.3 is 0 Å². The van der Waals surface area contributed by atoms with Crippen LogP contribution in [0.5, 0.6) is 5.75 Å². The fourth-order valence-electron chi connectivity index (χ4n) is 1.37. The maximum Gasteiger partial charge on any atom is 0.133 e. The summed E-state index contributed by atoms with van der Waals surface area (Å²) in [5, 5.41) is 9.63. The molecule has 1 aromatic carbocycles. The van der Waals surface area contributed by atoms with Gasteiger partial charge in [-0.2, -0.15) is 0 Å². The van der Waals surface area contributed by atoms with E-state index in [0.717, 1.165) is 15.8 Å². The first-order valence-corrected chi connectivity index (χ1v) is 5.66. The molecule has 0 radical (unpaired) electrons. The molecule has 0 unspecified atom stereocenters. The Hall–Kier alpha value is -0.290. The highest BCUT2D eigenvalue weighted by Gasteiger charge is 2.15. The lowest BCUT2D eigenvalue weighted by Gasteiger charge is -2.18. The third kappa shape index (κ3) is 3.63. The van der Waals surface area contributed by atoms with E-state index in [1.165, 1.54) is 0 Å². The molecule has 0 aliphatic heterocycles. The van der Waals surface area contributed by atoms with Gasteiger partial charge in [0.2, 0.25) is 0 Å². The molecule has 5 heteroatoms. The van der Waals surface area contributed by atoms with Crippen molar-refractivity contribution in [2.75, 3.05) is 7.11 Å². The number of halogens is 2. The van der Waals surface area contributed by atoms with Crippen molar-refractivity contribution in [1.82, 2.24) is 0 Å². The average molecular weight is 311 g/mol. The summed E-state index contributed by atoms with van der Waals surface area (Å²) in [6.45, 7) is 1.91. The monoisotopic (exact) mass is 309 g/mol. The van der Waals surface area contributed by atoms with Crippen LogP contribution in [0.15, 0.2) is 22.7 Å². The number of benzene rings is 1. The fraction of sp³-hybridized carbons (Fsp3) is 0.455. The number of rotatable bonds is 4. The molecule has 0 aromatic heterocycles. The van der Waals surface area contributed by atoms with E-state index < -0.39 is 6.10 Å². The van der Waals surface area contributed by atoms with Gasteiger partial charge in [-0.25, -0.2) is 0 Å². The minimum absolute atomic E-state index is 0. The largest absolute Gasteiger partial charge is 0.496 e. The van der Waals surface area contributed by atoms with Crippen molar-refractivity contribution in [2.24, 2.45) is 5.73 Å². The molecule has 0 aliphatic rings. The third-order valence-corrected chi connectivity index (χ3v) is 3.01. The van der Waals surface area contributed by atoms with E-state index in [1.807, 2.05) is 25.1 Å². The highest BCUT2D eigenvalue weighted by atomic mass is 79.9.